The zero-order valence-corrected chi connectivity index (χ0v) is 12.5. The van der Waals surface area contributed by atoms with E-state index in [1.54, 1.807) is 18.4 Å². The van der Waals surface area contributed by atoms with E-state index in [4.69, 9.17) is 16.3 Å². The van der Waals surface area contributed by atoms with E-state index < -0.39 is 0 Å². The molecule has 3 aromatic rings. The molecule has 0 bridgehead atoms. The van der Waals surface area contributed by atoms with Crippen molar-refractivity contribution < 1.29 is 4.74 Å². The van der Waals surface area contributed by atoms with Crippen LogP contribution in [0.3, 0.4) is 0 Å². The lowest BCUT2D eigenvalue weighted by Crippen LogP contribution is -1.98. The van der Waals surface area contributed by atoms with Crippen molar-refractivity contribution in [1.82, 2.24) is 4.98 Å². The number of nitrogens with one attached hydrogen (secondary N) is 1. The summed E-state index contributed by atoms with van der Waals surface area (Å²) in [7, 11) is 1.67. The molecule has 3 nitrogen and oxygen atoms in total. The lowest BCUT2D eigenvalue weighted by molar-refractivity contribution is 0.414. The Balaban J connectivity index is 1.72. The average Bonchev–Trinajstić information content (AvgIpc) is 2.87. The molecule has 0 saturated heterocycles. The summed E-state index contributed by atoms with van der Waals surface area (Å²) in [5.74, 6) is 0.864. The third kappa shape index (κ3) is 2.86. The predicted molar refractivity (Wildman–Crippen MR) is 85.0 cm³/mol. The molecule has 3 rings (SSSR count). The maximum absolute atomic E-state index is 5.98. The number of nitrogens with zero attached hydrogens (tertiary/aromatic N) is 1. The highest BCUT2D eigenvalue weighted by atomic mass is 35.5. The molecule has 0 aliphatic carbocycles. The molecule has 2 aromatic carbocycles. The second kappa shape index (κ2) is 5.69. The Morgan fingerprint density at radius 2 is 2.00 bits per heavy atom. The fourth-order valence-corrected chi connectivity index (χ4v) is 3.03. The SMILES string of the molecule is COc1ccc(CNc2nc3ccc(Cl)cc3s2)cc1. The standard InChI is InChI=1S/C15H13ClN2OS/c1-19-12-5-2-10(3-6-12)9-17-15-18-13-7-4-11(16)8-14(13)20-15/h2-8H,9H2,1H3,(H,17,18). The fourth-order valence-electron chi connectivity index (χ4n) is 1.90. The van der Waals surface area contributed by atoms with Gasteiger partial charge < -0.3 is 10.1 Å². The summed E-state index contributed by atoms with van der Waals surface area (Å²) in [6, 6.07) is 13.7. The van der Waals surface area contributed by atoms with Crippen LogP contribution in [0.5, 0.6) is 5.75 Å². The van der Waals surface area contributed by atoms with Crippen molar-refractivity contribution in [1.29, 1.82) is 0 Å². The molecule has 0 atom stereocenters. The Labute approximate surface area is 126 Å². The number of fused-ring (bicyclic) bond motifs is 1. The maximum Gasteiger partial charge on any atom is 0.184 e. The van der Waals surface area contributed by atoms with Gasteiger partial charge in [0.15, 0.2) is 5.13 Å². The van der Waals surface area contributed by atoms with Crippen LogP contribution in [0, 0.1) is 0 Å². The fraction of sp³-hybridized carbons (Fsp3) is 0.133. The van der Waals surface area contributed by atoms with Crippen LogP contribution in [0.4, 0.5) is 5.13 Å². The average molecular weight is 305 g/mol. The summed E-state index contributed by atoms with van der Waals surface area (Å²) >= 11 is 7.58. The van der Waals surface area contributed by atoms with Gasteiger partial charge in [0.1, 0.15) is 5.75 Å². The second-order valence-corrected chi connectivity index (χ2v) is 5.80. The van der Waals surface area contributed by atoms with Crippen molar-refractivity contribution in [2.75, 3.05) is 12.4 Å². The molecule has 20 heavy (non-hydrogen) atoms. The topological polar surface area (TPSA) is 34.1 Å². The van der Waals surface area contributed by atoms with Crippen LogP contribution >= 0.6 is 22.9 Å². The van der Waals surface area contributed by atoms with Crippen molar-refractivity contribution in [3.05, 3.63) is 53.1 Å². The first-order valence-corrected chi connectivity index (χ1v) is 7.37. The Kier molecular flexibility index (Phi) is 3.76. The largest absolute Gasteiger partial charge is 0.497 e. The zero-order valence-electron chi connectivity index (χ0n) is 10.9. The van der Waals surface area contributed by atoms with E-state index in [0.29, 0.717) is 0 Å². The summed E-state index contributed by atoms with van der Waals surface area (Å²) in [5, 5.41) is 4.97. The third-order valence-electron chi connectivity index (χ3n) is 2.95. The van der Waals surface area contributed by atoms with Crippen LogP contribution in [0.1, 0.15) is 5.56 Å². The number of thiazole rings is 1. The van der Waals surface area contributed by atoms with Gasteiger partial charge in [-0.3, -0.25) is 0 Å². The summed E-state index contributed by atoms with van der Waals surface area (Å²) in [5.41, 5.74) is 2.15. The monoisotopic (exact) mass is 304 g/mol. The van der Waals surface area contributed by atoms with E-state index in [1.165, 1.54) is 5.56 Å². The Hall–Kier alpha value is -1.78. The lowest BCUT2D eigenvalue weighted by Gasteiger charge is -2.04. The van der Waals surface area contributed by atoms with E-state index >= 15 is 0 Å². The number of aromatic nitrogens is 1. The third-order valence-corrected chi connectivity index (χ3v) is 4.16. The minimum absolute atomic E-state index is 0.734. The summed E-state index contributed by atoms with van der Waals surface area (Å²) in [4.78, 5) is 4.53. The van der Waals surface area contributed by atoms with Gasteiger partial charge in [0.2, 0.25) is 0 Å². The number of rotatable bonds is 4. The van der Waals surface area contributed by atoms with Crippen molar-refractivity contribution in [2.45, 2.75) is 6.54 Å². The van der Waals surface area contributed by atoms with Crippen LogP contribution in [0.25, 0.3) is 10.2 Å². The van der Waals surface area contributed by atoms with Crippen molar-refractivity contribution in [3.63, 3.8) is 0 Å². The van der Waals surface area contributed by atoms with Gasteiger partial charge in [-0.05, 0) is 35.9 Å². The van der Waals surface area contributed by atoms with Crippen molar-refractivity contribution in [2.24, 2.45) is 0 Å². The maximum atomic E-state index is 5.98. The highest BCUT2D eigenvalue weighted by Crippen LogP contribution is 2.28. The number of hydrogen-bond acceptors (Lipinski definition) is 4. The van der Waals surface area contributed by atoms with E-state index in [1.807, 2.05) is 42.5 Å². The van der Waals surface area contributed by atoms with Gasteiger partial charge in [-0.1, -0.05) is 35.1 Å². The molecule has 0 fully saturated rings. The molecule has 0 saturated carbocycles. The number of benzene rings is 2. The highest BCUT2D eigenvalue weighted by Gasteiger charge is 2.04. The smallest absolute Gasteiger partial charge is 0.184 e. The van der Waals surface area contributed by atoms with Gasteiger partial charge >= 0.3 is 0 Å². The van der Waals surface area contributed by atoms with Crippen molar-refractivity contribution >= 4 is 38.3 Å². The molecule has 0 aliphatic rings. The minimum Gasteiger partial charge on any atom is -0.497 e. The van der Waals surface area contributed by atoms with E-state index in [0.717, 1.165) is 32.7 Å². The Morgan fingerprint density at radius 1 is 1.20 bits per heavy atom. The summed E-state index contributed by atoms with van der Waals surface area (Å²) < 4.78 is 6.23. The summed E-state index contributed by atoms with van der Waals surface area (Å²) in [6.45, 7) is 0.734. The molecule has 102 valence electrons. The van der Waals surface area contributed by atoms with Crippen LogP contribution in [0.15, 0.2) is 42.5 Å². The van der Waals surface area contributed by atoms with Gasteiger partial charge in [0.25, 0.3) is 0 Å². The van der Waals surface area contributed by atoms with Crippen LogP contribution in [-0.4, -0.2) is 12.1 Å². The molecule has 1 N–H and O–H groups in total. The van der Waals surface area contributed by atoms with E-state index in [9.17, 15) is 0 Å². The molecular weight excluding hydrogens is 292 g/mol. The molecule has 0 aliphatic heterocycles. The lowest BCUT2D eigenvalue weighted by atomic mass is 10.2. The number of methoxy groups -OCH3 is 1. The molecular formula is C15H13ClN2OS. The summed E-state index contributed by atoms with van der Waals surface area (Å²) in [6.07, 6.45) is 0. The number of anilines is 1. The Morgan fingerprint density at radius 3 is 2.75 bits per heavy atom. The first-order chi connectivity index (χ1) is 9.74. The predicted octanol–water partition coefficient (Wildman–Crippen LogP) is 4.57. The van der Waals surface area contributed by atoms with Gasteiger partial charge in [-0.15, -0.1) is 0 Å². The number of halogens is 1. The quantitative estimate of drug-likeness (QED) is 0.766. The van der Waals surface area contributed by atoms with Gasteiger partial charge in [0.05, 0.1) is 17.3 Å². The van der Waals surface area contributed by atoms with Crippen molar-refractivity contribution in [3.8, 4) is 5.75 Å². The van der Waals surface area contributed by atoms with Gasteiger partial charge in [-0.25, -0.2) is 4.98 Å². The van der Waals surface area contributed by atoms with Gasteiger partial charge in [-0.2, -0.15) is 0 Å². The molecule has 0 radical (unpaired) electrons. The first kappa shape index (κ1) is 13.2. The van der Waals surface area contributed by atoms with E-state index in [2.05, 4.69) is 10.3 Å². The molecule has 1 heterocycles. The second-order valence-electron chi connectivity index (χ2n) is 4.33. The van der Waals surface area contributed by atoms with Crippen LogP contribution in [-0.2, 0) is 6.54 Å². The van der Waals surface area contributed by atoms with Gasteiger partial charge in [0, 0.05) is 11.6 Å². The molecule has 0 unspecified atom stereocenters. The number of hydrogen-bond donors (Lipinski definition) is 1. The Bertz CT molecular complexity index is 724. The zero-order chi connectivity index (χ0) is 13.9. The number of ether oxygens (including phenoxy) is 1. The highest BCUT2D eigenvalue weighted by molar-refractivity contribution is 7.22. The molecule has 1 aromatic heterocycles. The molecule has 0 spiro atoms. The van der Waals surface area contributed by atoms with Crippen LogP contribution in [0.2, 0.25) is 5.02 Å². The molecule has 5 heteroatoms. The van der Waals surface area contributed by atoms with Crippen LogP contribution < -0.4 is 10.1 Å². The molecule has 0 amide bonds. The first-order valence-electron chi connectivity index (χ1n) is 6.17. The normalized spacial score (nSPS) is 10.7. The van der Waals surface area contributed by atoms with E-state index in [-0.39, 0.29) is 0 Å². The minimum atomic E-state index is 0.734.